The van der Waals surface area contributed by atoms with Gasteiger partial charge in [0.15, 0.2) is 0 Å². The van der Waals surface area contributed by atoms with Crippen LogP contribution < -0.4 is 10.1 Å². The van der Waals surface area contributed by atoms with Crippen LogP contribution in [0.4, 0.5) is 9.18 Å². The van der Waals surface area contributed by atoms with E-state index in [-0.39, 0.29) is 18.0 Å². The van der Waals surface area contributed by atoms with Crippen molar-refractivity contribution >= 4 is 6.03 Å². The molecule has 1 aromatic carbocycles. The van der Waals surface area contributed by atoms with Crippen LogP contribution in [0.2, 0.25) is 0 Å². The lowest BCUT2D eigenvalue weighted by molar-refractivity contribution is 0.101. The van der Waals surface area contributed by atoms with Gasteiger partial charge in [0.05, 0.1) is 6.54 Å². The van der Waals surface area contributed by atoms with E-state index in [2.05, 4.69) is 10.3 Å². The standard InChI is InChI=1S/C18H20FN3O2/c19-15-5-3-14(4-6-15)12-21-18(23)22-11-1-2-17(13-22)24-16-7-9-20-10-8-16/h3-10,17H,1-2,11-13H2,(H,21,23)/t17-/m1/s1. The van der Waals surface area contributed by atoms with E-state index in [4.69, 9.17) is 4.74 Å². The van der Waals surface area contributed by atoms with Crippen molar-refractivity contribution in [2.24, 2.45) is 0 Å². The highest BCUT2D eigenvalue weighted by Crippen LogP contribution is 2.17. The summed E-state index contributed by atoms with van der Waals surface area (Å²) in [6.07, 6.45) is 5.18. The van der Waals surface area contributed by atoms with E-state index in [0.717, 1.165) is 24.2 Å². The molecule has 0 spiro atoms. The fraction of sp³-hybridized carbons (Fsp3) is 0.333. The molecule has 5 nitrogen and oxygen atoms in total. The number of nitrogens with one attached hydrogen (secondary N) is 1. The second kappa shape index (κ2) is 7.77. The van der Waals surface area contributed by atoms with E-state index in [1.807, 2.05) is 12.1 Å². The van der Waals surface area contributed by atoms with Crippen LogP contribution in [0.5, 0.6) is 5.75 Å². The number of aromatic nitrogens is 1. The van der Waals surface area contributed by atoms with E-state index >= 15 is 0 Å². The molecule has 0 aliphatic carbocycles. The zero-order valence-corrected chi connectivity index (χ0v) is 13.3. The average molecular weight is 329 g/mol. The van der Waals surface area contributed by atoms with Crippen LogP contribution in [-0.4, -0.2) is 35.1 Å². The SMILES string of the molecule is O=C(NCc1ccc(F)cc1)N1CCC[C@@H](Oc2ccncc2)C1. The lowest BCUT2D eigenvalue weighted by Crippen LogP contribution is -2.48. The van der Waals surface area contributed by atoms with Gasteiger partial charge < -0.3 is 15.0 Å². The Bertz CT molecular complexity index is 664. The molecule has 1 atom stereocenters. The highest BCUT2D eigenvalue weighted by atomic mass is 19.1. The third kappa shape index (κ3) is 4.44. The van der Waals surface area contributed by atoms with Crippen LogP contribution in [0, 0.1) is 5.82 Å². The number of urea groups is 1. The Labute approximate surface area is 140 Å². The van der Waals surface area contributed by atoms with Gasteiger partial charge in [0, 0.05) is 25.5 Å². The zero-order chi connectivity index (χ0) is 16.8. The second-order valence-electron chi connectivity index (χ2n) is 5.80. The normalized spacial score (nSPS) is 17.4. The summed E-state index contributed by atoms with van der Waals surface area (Å²) in [7, 11) is 0. The van der Waals surface area contributed by atoms with Crippen molar-refractivity contribution in [3.8, 4) is 5.75 Å². The zero-order valence-electron chi connectivity index (χ0n) is 13.3. The molecule has 1 saturated heterocycles. The first kappa shape index (κ1) is 16.2. The summed E-state index contributed by atoms with van der Waals surface area (Å²) in [6, 6.07) is 9.62. The number of likely N-dealkylation sites (tertiary alicyclic amines) is 1. The summed E-state index contributed by atoms with van der Waals surface area (Å²) in [4.78, 5) is 18.0. The molecular formula is C18H20FN3O2. The molecule has 2 amide bonds. The third-order valence-corrected chi connectivity index (χ3v) is 3.97. The Balaban J connectivity index is 1.50. The fourth-order valence-corrected chi connectivity index (χ4v) is 2.72. The van der Waals surface area contributed by atoms with Crippen molar-refractivity contribution in [1.82, 2.24) is 15.2 Å². The van der Waals surface area contributed by atoms with Gasteiger partial charge in [-0.3, -0.25) is 4.98 Å². The number of halogens is 1. The lowest BCUT2D eigenvalue weighted by Gasteiger charge is -2.32. The minimum absolute atomic E-state index is 0.0160. The number of carbonyl (C=O) groups excluding carboxylic acids is 1. The number of amides is 2. The van der Waals surface area contributed by atoms with Crippen molar-refractivity contribution in [2.75, 3.05) is 13.1 Å². The lowest BCUT2D eigenvalue weighted by atomic mass is 10.1. The monoisotopic (exact) mass is 329 g/mol. The molecule has 0 saturated carbocycles. The van der Waals surface area contributed by atoms with Gasteiger partial charge in [-0.1, -0.05) is 12.1 Å². The van der Waals surface area contributed by atoms with Crippen LogP contribution in [0.15, 0.2) is 48.8 Å². The topological polar surface area (TPSA) is 54.5 Å². The van der Waals surface area contributed by atoms with Gasteiger partial charge in [-0.15, -0.1) is 0 Å². The number of hydrogen-bond donors (Lipinski definition) is 1. The number of benzene rings is 1. The number of hydrogen-bond acceptors (Lipinski definition) is 3. The van der Waals surface area contributed by atoms with E-state index < -0.39 is 0 Å². The Morgan fingerprint density at radius 3 is 2.75 bits per heavy atom. The first-order chi connectivity index (χ1) is 11.7. The minimum atomic E-state index is -0.280. The maximum atomic E-state index is 12.9. The summed E-state index contributed by atoms with van der Waals surface area (Å²) in [6.45, 7) is 1.65. The van der Waals surface area contributed by atoms with E-state index in [1.54, 1.807) is 29.4 Å². The molecule has 1 aliphatic rings. The van der Waals surface area contributed by atoms with Gasteiger partial charge in [0.2, 0.25) is 0 Å². The maximum Gasteiger partial charge on any atom is 0.317 e. The highest BCUT2D eigenvalue weighted by Gasteiger charge is 2.24. The molecule has 2 aromatic rings. The van der Waals surface area contributed by atoms with Crippen LogP contribution in [0.25, 0.3) is 0 Å². The van der Waals surface area contributed by atoms with Gasteiger partial charge in [0.25, 0.3) is 0 Å². The Morgan fingerprint density at radius 1 is 1.25 bits per heavy atom. The summed E-state index contributed by atoms with van der Waals surface area (Å²) >= 11 is 0. The number of ether oxygens (including phenoxy) is 1. The van der Waals surface area contributed by atoms with Crippen molar-refractivity contribution < 1.29 is 13.9 Å². The van der Waals surface area contributed by atoms with Gasteiger partial charge in [-0.05, 0) is 42.7 Å². The van der Waals surface area contributed by atoms with Gasteiger partial charge >= 0.3 is 6.03 Å². The highest BCUT2D eigenvalue weighted by molar-refractivity contribution is 5.74. The first-order valence-electron chi connectivity index (χ1n) is 8.04. The predicted molar refractivity (Wildman–Crippen MR) is 88.1 cm³/mol. The summed E-state index contributed by atoms with van der Waals surface area (Å²) in [5.41, 5.74) is 0.867. The van der Waals surface area contributed by atoms with Crippen molar-refractivity contribution in [2.45, 2.75) is 25.5 Å². The summed E-state index contributed by atoms with van der Waals surface area (Å²) < 4.78 is 18.8. The quantitative estimate of drug-likeness (QED) is 0.938. The van der Waals surface area contributed by atoms with Crippen LogP contribution in [0.1, 0.15) is 18.4 Å². The molecular weight excluding hydrogens is 309 g/mol. The Hall–Kier alpha value is -2.63. The predicted octanol–water partition coefficient (Wildman–Crippen LogP) is 2.97. The van der Waals surface area contributed by atoms with Crippen LogP contribution in [0.3, 0.4) is 0 Å². The van der Waals surface area contributed by atoms with E-state index in [0.29, 0.717) is 19.6 Å². The molecule has 0 unspecified atom stereocenters. The molecule has 1 aromatic heterocycles. The maximum absolute atomic E-state index is 12.9. The van der Waals surface area contributed by atoms with Crippen molar-refractivity contribution in [3.63, 3.8) is 0 Å². The average Bonchev–Trinajstić information content (AvgIpc) is 2.62. The van der Waals surface area contributed by atoms with Gasteiger partial charge in [-0.2, -0.15) is 0 Å². The number of carbonyl (C=O) groups is 1. The molecule has 0 bridgehead atoms. The fourth-order valence-electron chi connectivity index (χ4n) is 2.72. The minimum Gasteiger partial charge on any atom is -0.488 e. The molecule has 1 fully saturated rings. The van der Waals surface area contributed by atoms with Crippen LogP contribution in [-0.2, 0) is 6.54 Å². The molecule has 1 aliphatic heterocycles. The number of nitrogens with zero attached hydrogens (tertiary/aromatic N) is 2. The second-order valence-corrected chi connectivity index (χ2v) is 5.80. The summed E-state index contributed by atoms with van der Waals surface area (Å²) in [5.74, 6) is 0.487. The van der Waals surface area contributed by atoms with Crippen molar-refractivity contribution in [1.29, 1.82) is 0 Å². The summed E-state index contributed by atoms with van der Waals surface area (Å²) in [5, 5.41) is 2.87. The van der Waals surface area contributed by atoms with E-state index in [1.165, 1.54) is 12.1 Å². The number of piperidine rings is 1. The molecule has 0 radical (unpaired) electrons. The molecule has 2 heterocycles. The Kier molecular flexibility index (Phi) is 5.25. The molecule has 6 heteroatoms. The molecule has 126 valence electrons. The molecule has 1 N–H and O–H groups in total. The van der Waals surface area contributed by atoms with Crippen molar-refractivity contribution in [3.05, 3.63) is 60.2 Å². The van der Waals surface area contributed by atoms with Gasteiger partial charge in [0.1, 0.15) is 17.7 Å². The number of pyridine rings is 1. The molecule has 3 rings (SSSR count). The largest absolute Gasteiger partial charge is 0.488 e. The Morgan fingerprint density at radius 2 is 2.00 bits per heavy atom. The molecule has 24 heavy (non-hydrogen) atoms. The van der Waals surface area contributed by atoms with Crippen LogP contribution >= 0.6 is 0 Å². The third-order valence-electron chi connectivity index (χ3n) is 3.97. The number of rotatable bonds is 4. The smallest absolute Gasteiger partial charge is 0.317 e. The van der Waals surface area contributed by atoms with Gasteiger partial charge in [-0.25, -0.2) is 9.18 Å². The van der Waals surface area contributed by atoms with E-state index in [9.17, 15) is 9.18 Å². The first-order valence-corrected chi connectivity index (χ1v) is 8.04.